The lowest BCUT2D eigenvalue weighted by Gasteiger charge is -2.53. The van der Waals surface area contributed by atoms with Gasteiger partial charge >= 0.3 is 5.97 Å². The van der Waals surface area contributed by atoms with E-state index in [1.807, 2.05) is 41.2 Å². The summed E-state index contributed by atoms with van der Waals surface area (Å²) in [5.74, 6) is 0.104. The molecule has 1 saturated heterocycles. The number of aromatic nitrogens is 2. The van der Waals surface area contributed by atoms with Crippen molar-refractivity contribution in [3.63, 3.8) is 0 Å². The number of hydrogen-bond acceptors (Lipinski definition) is 4. The van der Waals surface area contributed by atoms with E-state index >= 15 is 0 Å². The van der Waals surface area contributed by atoms with Crippen molar-refractivity contribution < 1.29 is 14.3 Å². The second-order valence-corrected chi connectivity index (χ2v) is 7.29. The highest BCUT2D eigenvalue weighted by molar-refractivity contribution is 5.89. The van der Waals surface area contributed by atoms with Gasteiger partial charge < -0.3 is 9.47 Å². The van der Waals surface area contributed by atoms with Crippen LogP contribution in [-0.2, 0) is 16.0 Å². The van der Waals surface area contributed by atoms with E-state index in [4.69, 9.17) is 9.47 Å². The molecule has 1 aliphatic heterocycles. The third-order valence-electron chi connectivity index (χ3n) is 5.32. The molecule has 1 aromatic heterocycles. The van der Waals surface area contributed by atoms with Crippen molar-refractivity contribution in [2.75, 3.05) is 6.61 Å². The van der Waals surface area contributed by atoms with Gasteiger partial charge in [-0.15, -0.1) is 0 Å². The number of ether oxygens (including phenoxy) is 2. The van der Waals surface area contributed by atoms with E-state index in [1.165, 1.54) is 0 Å². The first-order valence-electron chi connectivity index (χ1n) is 8.44. The maximum absolute atomic E-state index is 12.5. The van der Waals surface area contributed by atoms with E-state index in [0.717, 1.165) is 18.6 Å². The quantitative estimate of drug-likeness (QED) is 0.811. The molecule has 2 heterocycles. The molecule has 0 amide bonds. The van der Waals surface area contributed by atoms with Crippen LogP contribution in [-0.4, -0.2) is 34.6 Å². The fraction of sp³-hybridized carbons (Fsp3) is 0.474. The first kappa shape index (κ1) is 15.4. The van der Waals surface area contributed by atoms with Crippen LogP contribution in [0.2, 0.25) is 0 Å². The average Bonchev–Trinajstić information content (AvgIpc) is 3.23. The van der Waals surface area contributed by atoms with Crippen LogP contribution in [0.5, 0.6) is 0 Å². The van der Waals surface area contributed by atoms with Crippen LogP contribution >= 0.6 is 0 Å². The Labute approximate surface area is 141 Å². The number of esters is 1. The molecule has 5 heteroatoms. The van der Waals surface area contributed by atoms with E-state index in [0.29, 0.717) is 18.0 Å². The molecule has 0 unspecified atom stereocenters. The Bertz CT molecular complexity index is 722. The predicted molar refractivity (Wildman–Crippen MR) is 88.6 cm³/mol. The van der Waals surface area contributed by atoms with Crippen molar-refractivity contribution >= 4 is 5.97 Å². The first-order valence-corrected chi connectivity index (χ1v) is 8.44. The number of carbonyl (C=O) groups excluding carboxylic acids is 1. The minimum Gasteiger partial charge on any atom is -0.458 e. The molecular weight excluding hydrogens is 304 g/mol. The molecule has 2 fully saturated rings. The first-order chi connectivity index (χ1) is 11.6. The zero-order valence-corrected chi connectivity index (χ0v) is 14.0. The van der Waals surface area contributed by atoms with Crippen LogP contribution in [0.25, 0.3) is 0 Å². The van der Waals surface area contributed by atoms with Gasteiger partial charge in [0.05, 0.1) is 18.2 Å². The van der Waals surface area contributed by atoms with Crippen molar-refractivity contribution in [1.82, 2.24) is 9.78 Å². The van der Waals surface area contributed by atoms with Gasteiger partial charge in [-0.05, 0) is 30.2 Å². The van der Waals surface area contributed by atoms with Gasteiger partial charge in [-0.3, -0.25) is 4.68 Å². The molecule has 5 nitrogen and oxygen atoms in total. The van der Waals surface area contributed by atoms with Crippen LogP contribution in [0.15, 0.2) is 42.7 Å². The van der Waals surface area contributed by atoms with E-state index in [2.05, 4.69) is 18.9 Å². The Kier molecular flexibility index (Phi) is 3.68. The highest BCUT2D eigenvalue weighted by Gasteiger charge is 2.61. The second-order valence-electron chi connectivity index (χ2n) is 7.29. The largest absolute Gasteiger partial charge is 0.458 e. The number of nitrogens with zero attached hydrogens (tertiary/aromatic N) is 2. The Morgan fingerprint density at radius 1 is 1.38 bits per heavy atom. The van der Waals surface area contributed by atoms with Gasteiger partial charge in [0.15, 0.2) is 0 Å². The van der Waals surface area contributed by atoms with Gasteiger partial charge in [0.25, 0.3) is 0 Å². The van der Waals surface area contributed by atoms with Crippen LogP contribution < -0.4 is 0 Å². The number of hydrogen-bond donors (Lipinski definition) is 0. The van der Waals surface area contributed by atoms with Gasteiger partial charge in [-0.25, -0.2) is 4.79 Å². The fourth-order valence-corrected chi connectivity index (χ4v) is 4.03. The normalized spacial score (nSPS) is 27.3. The summed E-state index contributed by atoms with van der Waals surface area (Å²) in [5, 5.41) is 4.19. The van der Waals surface area contributed by atoms with E-state index < -0.39 is 0 Å². The SMILES string of the molecule is CC1(C)[C@H]2OCC[C@@H]2[C@@H]1OC(=O)c1ccc(Cn2cccn2)cc1. The van der Waals surface area contributed by atoms with Crippen molar-refractivity contribution in [2.24, 2.45) is 11.3 Å². The van der Waals surface area contributed by atoms with Crippen LogP contribution in [0.4, 0.5) is 0 Å². The summed E-state index contributed by atoms with van der Waals surface area (Å²) in [6.45, 7) is 5.70. The van der Waals surface area contributed by atoms with Gasteiger partial charge in [0, 0.05) is 30.3 Å². The molecule has 0 radical (unpaired) electrons. The Morgan fingerprint density at radius 3 is 2.88 bits per heavy atom. The molecule has 1 saturated carbocycles. The zero-order chi connectivity index (χ0) is 16.7. The lowest BCUT2D eigenvalue weighted by molar-refractivity contribution is -0.183. The summed E-state index contributed by atoms with van der Waals surface area (Å²) < 4.78 is 13.4. The summed E-state index contributed by atoms with van der Waals surface area (Å²) in [6, 6.07) is 9.45. The van der Waals surface area contributed by atoms with E-state index in [9.17, 15) is 4.79 Å². The molecule has 0 bridgehead atoms. The van der Waals surface area contributed by atoms with Crippen LogP contribution in [0, 0.1) is 11.3 Å². The summed E-state index contributed by atoms with van der Waals surface area (Å²) in [4.78, 5) is 12.5. The second kappa shape index (κ2) is 5.74. The Morgan fingerprint density at radius 2 is 2.17 bits per heavy atom. The van der Waals surface area contributed by atoms with Crippen molar-refractivity contribution in [3.05, 3.63) is 53.9 Å². The van der Waals surface area contributed by atoms with Crippen molar-refractivity contribution in [3.8, 4) is 0 Å². The molecule has 3 atom stereocenters. The molecule has 24 heavy (non-hydrogen) atoms. The highest BCUT2D eigenvalue weighted by atomic mass is 16.6. The maximum Gasteiger partial charge on any atom is 0.338 e. The molecule has 126 valence electrons. The van der Waals surface area contributed by atoms with E-state index in [-0.39, 0.29) is 23.6 Å². The Balaban J connectivity index is 1.41. The minimum absolute atomic E-state index is 0.0544. The lowest BCUT2D eigenvalue weighted by atomic mass is 9.59. The summed E-state index contributed by atoms with van der Waals surface area (Å²) in [5.41, 5.74) is 1.59. The number of rotatable bonds is 4. The highest BCUT2D eigenvalue weighted by Crippen LogP contribution is 2.53. The van der Waals surface area contributed by atoms with Crippen LogP contribution in [0.1, 0.15) is 36.2 Å². The van der Waals surface area contributed by atoms with Crippen molar-refractivity contribution in [2.45, 2.75) is 39.0 Å². The molecule has 2 aliphatic rings. The van der Waals surface area contributed by atoms with Gasteiger partial charge in [0.1, 0.15) is 6.10 Å². The molecule has 1 aromatic carbocycles. The third kappa shape index (κ3) is 2.53. The fourth-order valence-electron chi connectivity index (χ4n) is 4.03. The summed E-state index contributed by atoms with van der Waals surface area (Å²) in [7, 11) is 0. The molecule has 2 aromatic rings. The Hall–Kier alpha value is -2.14. The monoisotopic (exact) mass is 326 g/mol. The third-order valence-corrected chi connectivity index (χ3v) is 5.32. The smallest absolute Gasteiger partial charge is 0.338 e. The molecule has 1 aliphatic carbocycles. The molecule has 0 spiro atoms. The average molecular weight is 326 g/mol. The van der Waals surface area contributed by atoms with E-state index in [1.54, 1.807) is 6.20 Å². The molecule has 0 N–H and O–H groups in total. The van der Waals surface area contributed by atoms with Gasteiger partial charge in [-0.2, -0.15) is 5.10 Å². The maximum atomic E-state index is 12.5. The van der Waals surface area contributed by atoms with Gasteiger partial charge in [0.2, 0.25) is 0 Å². The number of fused-ring (bicyclic) bond motifs is 1. The minimum atomic E-state index is -0.246. The van der Waals surface area contributed by atoms with Crippen LogP contribution in [0.3, 0.4) is 0 Å². The topological polar surface area (TPSA) is 53.4 Å². The standard InChI is InChI=1S/C19H22N2O3/c1-19(2)16-15(8-11-23-16)17(19)24-18(22)14-6-4-13(5-7-14)12-21-10-3-9-20-21/h3-7,9-10,15-17H,8,11-12H2,1-2H3/t15-,16-,17-/m0/s1. The van der Waals surface area contributed by atoms with Crippen molar-refractivity contribution in [1.29, 1.82) is 0 Å². The summed E-state index contributed by atoms with van der Waals surface area (Å²) >= 11 is 0. The predicted octanol–water partition coefficient (Wildman–Crippen LogP) is 2.90. The zero-order valence-electron chi connectivity index (χ0n) is 14.0. The van der Waals surface area contributed by atoms with Gasteiger partial charge in [-0.1, -0.05) is 26.0 Å². The number of benzene rings is 1. The lowest BCUT2D eigenvalue weighted by Crippen LogP contribution is -2.61. The summed E-state index contributed by atoms with van der Waals surface area (Å²) in [6.07, 6.45) is 4.83. The molecule has 4 rings (SSSR count). The molecular formula is C19H22N2O3. The number of carbonyl (C=O) groups is 1.